The minimum absolute atomic E-state index is 0.0869. The highest BCUT2D eigenvalue weighted by atomic mass is 35.5. The van der Waals surface area contributed by atoms with Crippen molar-refractivity contribution in [3.63, 3.8) is 0 Å². The van der Waals surface area contributed by atoms with Crippen molar-refractivity contribution in [2.75, 3.05) is 5.88 Å². The number of nitrogens with one attached hydrogen (secondary N) is 1. The van der Waals surface area contributed by atoms with Crippen LogP contribution in [-0.2, 0) is 17.4 Å². The fraction of sp³-hybridized carbons (Fsp3) is 0.533. The SMILES string of the molecule is O=C(Cc1ccc(C(F)(F)F)cc1)NC1CCCC1CCl. The zero-order valence-electron chi connectivity index (χ0n) is 11.4. The van der Waals surface area contributed by atoms with E-state index in [4.69, 9.17) is 11.6 Å². The smallest absolute Gasteiger partial charge is 0.353 e. The summed E-state index contributed by atoms with van der Waals surface area (Å²) in [6.45, 7) is 0. The van der Waals surface area contributed by atoms with Crippen LogP contribution in [0.15, 0.2) is 24.3 Å². The van der Waals surface area contributed by atoms with Crippen molar-refractivity contribution in [3.05, 3.63) is 35.4 Å². The first-order valence-electron chi connectivity index (χ1n) is 6.91. The molecule has 116 valence electrons. The molecule has 0 aromatic heterocycles. The number of rotatable bonds is 4. The number of hydrogen-bond acceptors (Lipinski definition) is 1. The van der Waals surface area contributed by atoms with Crippen molar-refractivity contribution in [1.82, 2.24) is 5.32 Å². The Kier molecular flexibility index (Phi) is 5.14. The summed E-state index contributed by atoms with van der Waals surface area (Å²) in [5.41, 5.74) is -0.134. The average Bonchev–Trinajstić information content (AvgIpc) is 2.85. The van der Waals surface area contributed by atoms with E-state index in [-0.39, 0.29) is 18.4 Å². The monoisotopic (exact) mass is 319 g/mol. The molecule has 1 aromatic carbocycles. The molecule has 1 saturated carbocycles. The van der Waals surface area contributed by atoms with E-state index in [1.165, 1.54) is 12.1 Å². The highest BCUT2D eigenvalue weighted by Crippen LogP contribution is 2.29. The zero-order chi connectivity index (χ0) is 15.5. The number of carbonyl (C=O) groups excluding carboxylic acids is 1. The summed E-state index contributed by atoms with van der Waals surface area (Å²) < 4.78 is 37.3. The quantitative estimate of drug-likeness (QED) is 0.841. The molecule has 1 fully saturated rings. The van der Waals surface area contributed by atoms with Gasteiger partial charge in [0, 0.05) is 11.9 Å². The second-order valence-corrected chi connectivity index (χ2v) is 5.70. The predicted octanol–water partition coefficient (Wildman–Crippen LogP) is 3.77. The van der Waals surface area contributed by atoms with Gasteiger partial charge in [-0.05, 0) is 36.5 Å². The van der Waals surface area contributed by atoms with Gasteiger partial charge in [-0.2, -0.15) is 13.2 Å². The molecular weight excluding hydrogens is 303 g/mol. The van der Waals surface area contributed by atoms with Crippen LogP contribution >= 0.6 is 11.6 Å². The van der Waals surface area contributed by atoms with Crippen LogP contribution in [0.3, 0.4) is 0 Å². The molecule has 0 saturated heterocycles. The third-order valence-electron chi connectivity index (χ3n) is 3.85. The standard InChI is InChI=1S/C15H17ClF3NO/c16-9-11-2-1-3-13(11)20-14(21)8-10-4-6-12(7-5-10)15(17,18)19/h4-7,11,13H,1-3,8-9H2,(H,20,21). The molecule has 1 amide bonds. The van der Waals surface area contributed by atoms with Gasteiger partial charge in [0.05, 0.1) is 12.0 Å². The first kappa shape index (κ1) is 16.1. The molecular formula is C15H17ClF3NO. The Morgan fingerprint density at radius 2 is 1.90 bits per heavy atom. The maximum Gasteiger partial charge on any atom is 0.416 e. The predicted molar refractivity (Wildman–Crippen MR) is 75.1 cm³/mol. The lowest BCUT2D eigenvalue weighted by Crippen LogP contribution is -2.38. The van der Waals surface area contributed by atoms with Gasteiger partial charge in [-0.1, -0.05) is 18.6 Å². The zero-order valence-corrected chi connectivity index (χ0v) is 12.2. The van der Waals surface area contributed by atoms with E-state index in [2.05, 4.69) is 5.32 Å². The van der Waals surface area contributed by atoms with Crippen LogP contribution in [0.4, 0.5) is 13.2 Å². The average molecular weight is 320 g/mol. The Balaban J connectivity index is 1.91. The second kappa shape index (κ2) is 6.69. The van der Waals surface area contributed by atoms with Crippen molar-refractivity contribution in [2.24, 2.45) is 5.92 Å². The highest BCUT2D eigenvalue weighted by molar-refractivity contribution is 6.18. The molecule has 1 aliphatic rings. The molecule has 2 rings (SSSR count). The summed E-state index contributed by atoms with van der Waals surface area (Å²) in [5, 5.41) is 2.93. The van der Waals surface area contributed by atoms with Crippen molar-refractivity contribution >= 4 is 17.5 Å². The van der Waals surface area contributed by atoms with Gasteiger partial charge in [0.1, 0.15) is 0 Å². The van der Waals surface area contributed by atoms with Crippen LogP contribution in [0.25, 0.3) is 0 Å². The Morgan fingerprint density at radius 3 is 2.48 bits per heavy atom. The molecule has 2 atom stereocenters. The van der Waals surface area contributed by atoms with Crippen molar-refractivity contribution < 1.29 is 18.0 Å². The molecule has 0 aliphatic heterocycles. The third-order valence-corrected chi connectivity index (χ3v) is 4.25. The second-order valence-electron chi connectivity index (χ2n) is 5.39. The fourth-order valence-electron chi connectivity index (χ4n) is 2.67. The summed E-state index contributed by atoms with van der Waals surface area (Å²) in [5.74, 6) is 0.644. The number of amides is 1. The first-order chi connectivity index (χ1) is 9.90. The van der Waals surface area contributed by atoms with Crippen LogP contribution in [0.5, 0.6) is 0 Å². The molecule has 1 N–H and O–H groups in total. The number of alkyl halides is 4. The Labute approximate surface area is 126 Å². The summed E-state index contributed by atoms with van der Waals surface area (Å²) in [6.07, 6.45) is -1.30. The third kappa shape index (κ3) is 4.37. The lowest BCUT2D eigenvalue weighted by Gasteiger charge is -2.19. The molecule has 1 aromatic rings. The molecule has 0 spiro atoms. The topological polar surface area (TPSA) is 29.1 Å². The van der Waals surface area contributed by atoms with E-state index in [1.807, 2.05) is 0 Å². The lowest BCUT2D eigenvalue weighted by atomic mass is 10.0. The van der Waals surface area contributed by atoms with Gasteiger partial charge in [-0.15, -0.1) is 11.6 Å². The van der Waals surface area contributed by atoms with Crippen LogP contribution in [0.1, 0.15) is 30.4 Å². The highest BCUT2D eigenvalue weighted by Gasteiger charge is 2.30. The summed E-state index contributed by atoms with van der Waals surface area (Å²) in [4.78, 5) is 11.9. The maximum atomic E-state index is 12.4. The number of halogens is 4. The molecule has 0 heterocycles. The van der Waals surface area contributed by atoms with E-state index in [9.17, 15) is 18.0 Å². The van der Waals surface area contributed by atoms with Crippen molar-refractivity contribution in [3.8, 4) is 0 Å². The maximum absolute atomic E-state index is 12.4. The lowest BCUT2D eigenvalue weighted by molar-refractivity contribution is -0.137. The van der Waals surface area contributed by atoms with Gasteiger partial charge in [0.15, 0.2) is 0 Å². The van der Waals surface area contributed by atoms with E-state index >= 15 is 0 Å². The number of benzene rings is 1. The van der Waals surface area contributed by atoms with Gasteiger partial charge in [0.2, 0.25) is 5.91 Å². The first-order valence-corrected chi connectivity index (χ1v) is 7.45. The molecule has 0 bridgehead atoms. The Morgan fingerprint density at radius 1 is 1.24 bits per heavy atom. The summed E-state index contributed by atoms with van der Waals surface area (Å²) in [6, 6.07) is 4.77. The van der Waals surface area contributed by atoms with Gasteiger partial charge < -0.3 is 5.32 Å². The largest absolute Gasteiger partial charge is 0.416 e. The van der Waals surface area contributed by atoms with E-state index in [0.29, 0.717) is 17.4 Å². The van der Waals surface area contributed by atoms with Gasteiger partial charge >= 0.3 is 6.18 Å². The van der Waals surface area contributed by atoms with Crippen molar-refractivity contribution in [2.45, 2.75) is 37.9 Å². The van der Waals surface area contributed by atoms with Crippen LogP contribution in [-0.4, -0.2) is 17.8 Å². The van der Waals surface area contributed by atoms with Gasteiger partial charge in [0.25, 0.3) is 0 Å². The van der Waals surface area contributed by atoms with Crippen LogP contribution in [0.2, 0.25) is 0 Å². The molecule has 1 aliphatic carbocycles. The summed E-state index contributed by atoms with van der Waals surface area (Å²) >= 11 is 5.85. The number of hydrogen-bond donors (Lipinski definition) is 1. The molecule has 2 nitrogen and oxygen atoms in total. The molecule has 21 heavy (non-hydrogen) atoms. The molecule has 6 heteroatoms. The Hall–Kier alpha value is -1.23. The molecule has 0 radical (unpaired) electrons. The van der Waals surface area contributed by atoms with Gasteiger partial charge in [-0.25, -0.2) is 0 Å². The van der Waals surface area contributed by atoms with E-state index < -0.39 is 11.7 Å². The summed E-state index contributed by atoms with van der Waals surface area (Å²) in [7, 11) is 0. The minimum Gasteiger partial charge on any atom is -0.353 e. The van der Waals surface area contributed by atoms with Crippen molar-refractivity contribution in [1.29, 1.82) is 0 Å². The van der Waals surface area contributed by atoms with Gasteiger partial charge in [-0.3, -0.25) is 4.79 Å². The van der Waals surface area contributed by atoms with E-state index in [0.717, 1.165) is 31.4 Å². The van der Waals surface area contributed by atoms with Crippen LogP contribution in [0, 0.1) is 5.92 Å². The van der Waals surface area contributed by atoms with Crippen LogP contribution < -0.4 is 5.32 Å². The Bertz CT molecular complexity index is 487. The van der Waals surface area contributed by atoms with E-state index in [1.54, 1.807) is 0 Å². The molecule has 2 unspecified atom stereocenters. The normalized spacial score (nSPS) is 22.3. The fourth-order valence-corrected chi connectivity index (χ4v) is 3.04. The minimum atomic E-state index is -4.35. The number of carbonyl (C=O) groups is 1.